The van der Waals surface area contributed by atoms with E-state index in [1.807, 2.05) is 12.1 Å². The summed E-state index contributed by atoms with van der Waals surface area (Å²) >= 11 is 0. The van der Waals surface area contributed by atoms with Crippen molar-refractivity contribution in [1.29, 1.82) is 0 Å². The molecule has 0 radical (unpaired) electrons. The topological polar surface area (TPSA) is 53.5 Å². The molecule has 3 rings (SSSR count). The van der Waals surface area contributed by atoms with Crippen molar-refractivity contribution in [3.8, 4) is 0 Å². The van der Waals surface area contributed by atoms with Gasteiger partial charge < -0.3 is 0 Å². The van der Waals surface area contributed by atoms with Crippen molar-refractivity contribution < 1.29 is 8.42 Å². The summed E-state index contributed by atoms with van der Waals surface area (Å²) in [5.74, 6) is 1.19. The van der Waals surface area contributed by atoms with Gasteiger partial charge in [0.05, 0.1) is 11.5 Å². The van der Waals surface area contributed by atoms with Crippen LogP contribution in [0.2, 0.25) is 0 Å². The van der Waals surface area contributed by atoms with Crippen molar-refractivity contribution in [2.45, 2.75) is 32.5 Å². The number of pyridine rings is 1. The van der Waals surface area contributed by atoms with E-state index in [4.69, 9.17) is 0 Å². The van der Waals surface area contributed by atoms with Crippen LogP contribution in [0.25, 0.3) is 0 Å². The smallest absolute Gasteiger partial charge is 0.153 e. The lowest BCUT2D eigenvalue weighted by Crippen LogP contribution is -2.59. The Morgan fingerprint density at radius 2 is 1.73 bits per heavy atom. The minimum Gasteiger partial charge on any atom is -0.296 e. The molecule has 0 aliphatic carbocycles. The number of aromatic nitrogens is 1. The van der Waals surface area contributed by atoms with Crippen LogP contribution in [0.5, 0.6) is 0 Å². The largest absolute Gasteiger partial charge is 0.296 e. The molecule has 22 heavy (non-hydrogen) atoms. The fourth-order valence-corrected chi connectivity index (χ4v) is 5.75. The molecule has 1 aromatic heterocycles. The summed E-state index contributed by atoms with van der Waals surface area (Å²) in [4.78, 5) is 8.79. The van der Waals surface area contributed by atoms with Gasteiger partial charge in [-0.2, -0.15) is 0 Å². The van der Waals surface area contributed by atoms with Crippen molar-refractivity contribution in [3.05, 3.63) is 30.1 Å². The number of nitrogens with zero attached hydrogens (tertiary/aromatic N) is 3. The molecule has 2 fully saturated rings. The SMILES string of the molecule is CC(C)CN1CCN(Cc2ccncc2)[C@H]2CS(=O)(=O)C[C@H]21. The van der Waals surface area contributed by atoms with E-state index in [0.717, 1.165) is 26.2 Å². The van der Waals surface area contributed by atoms with Gasteiger partial charge in [-0.05, 0) is 23.6 Å². The zero-order valence-corrected chi connectivity index (χ0v) is 14.2. The standard InChI is InChI=1S/C16H25N3O2S/c1-13(2)9-18-7-8-19(10-14-3-5-17-6-4-14)16-12-22(20,21)11-15(16)18/h3-6,13,15-16H,7-12H2,1-2H3/t15-,16+/m1/s1. The highest BCUT2D eigenvalue weighted by molar-refractivity contribution is 7.91. The average molecular weight is 323 g/mol. The molecule has 0 amide bonds. The Morgan fingerprint density at radius 3 is 2.36 bits per heavy atom. The summed E-state index contributed by atoms with van der Waals surface area (Å²) in [5, 5.41) is 0. The van der Waals surface area contributed by atoms with E-state index in [1.165, 1.54) is 5.56 Å². The minimum absolute atomic E-state index is 0.130. The van der Waals surface area contributed by atoms with Crippen LogP contribution >= 0.6 is 0 Å². The zero-order chi connectivity index (χ0) is 15.7. The quantitative estimate of drug-likeness (QED) is 0.828. The van der Waals surface area contributed by atoms with Gasteiger partial charge in [0.15, 0.2) is 9.84 Å². The maximum atomic E-state index is 12.2. The summed E-state index contributed by atoms with van der Waals surface area (Å²) in [6, 6.07) is 4.31. The summed E-state index contributed by atoms with van der Waals surface area (Å²) in [5.41, 5.74) is 1.20. The molecular weight excluding hydrogens is 298 g/mol. The number of hydrogen-bond acceptors (Lipinski definition) is 5. The third kappa shape index (κ3) is 3.50. The summed E-state index contributed by atoms with van der Waals surface area (Å²) in [7, 11) is -2.92. The summed E-state index contributed by atoms with van der Waals surface area (Å²) < 4.78 is 24.3. The van der Waals surface area contributed by atoms with E-state index in [-0.39, 0.29) is 12.1 Å². The molecule has 0 unspecified atom stereocenters. The van der Waals surface area contributed by atoms with Crippen LogP contribution in [-0.4, -0.2) is 66.4 Å². The van der Waals surface area contributed by atoms with Gasteiger partial charge in [-0.15, -0.1) is 0 Å². The van der Waals surface area contributed by atoms with Crippen molar-refractivity contribution in [1.82, 2.24) is 14.8 Å². The van der Waals surface area contributed by atoms with Crippen LogP contribution in [0.3, 0.4) is 0 Å². The summed E-state index contributed by atoms with van der Waals surface area (Å²) in [6.45, 7) is 8.09. The second-order valence-electron chi connectivity index (χ2n) is 6.93. The molecule has 0 aromatic carbocycles. The molecule has 0 N–H and O–H groups in total. The Kier molecular flexibility index (Phi) is 4.52. The van der Waals surface area contributed by atoms with Crippen LogP contribution < -0.4 is 0 Å². The van der Waals surface area contributed by atoms with Crippen LogP contribution in [-0.2, 0) is 16.4 Å². The molecule has 5 nitrogen and oxygen atoms in total. The molecule has 2 atom stereocenters. The Hall–Kier alpha value is -0.980. The van der Waals surface area contributed by atoms with Crippen LogP contribution in [0, 0.1) is 5.92 Å². The molecule has 3 heterocycles. The normalized spacial score (nSPS) is 28.9. The lowest BCUT2D eigenvalue weighted by Gasteiger charge is -2.44. The lowest BCUT2D eigenvalue weighted by atomic mass is 10.0. The summed E-state index contributed by atoms with van der Waals surface area (Å²) in [6.07, 6.45) is 3.60. The second kappa shape index (κ2) is 6.26. The minimum atomic E-state index is -2.92. The molecule has 6 heteroatoms. The van der Waals surface area contributed by atoms with E-state index in [1.54, 1.807) is 12.4 Å². The van der Waals surface area contributed by atoms with Crippen molar-refractivity contribution in [2.75, 3.05) is 31.1 Å². The van der Waals surface area contributed by atoms with E-state index in [9.17, 15) is 8.42 Å². The Morgan fingerprint density at radius 1 is 1.14 bits per heavy atom. The van der Waals surface area contributed by atoms with Crippen molar-refractivity contribution in [2.24, 2.45) is 5.92 Å². The van der Waals surface area contributed by atoms with Crippen molar-refractivity contribution >= 4 is 9.84 Å². The highest BCUT2D eigenvalue weighted by Crippen LogP contribution is 2.28. The number of rotatable bonds is 4. The number of fused-ring (bicyclic) bond motifs is 1. The van der Waals surface area contributed by atoms with E-state index >= 15 is 0 Å². The molecule has 122 valence electrons. The first-order valence-corrected chi connectivity index (χ1v) is 9.84. The van der Waals surface area contributed by atoms with Gasteiger partial charge in [0.25, 0.3) is 0 Å². The molecule has 2 saturated heterocycles. The zero-order valence-electron chi connectivity index (χ0n) is 13.4. The molecule has 0 saturated carbocycles. The molecule has 0 spiro atoms. The van der Waals surface area contributed by atoms with Crippen LogP contribution in [0.4, 0.5) is 0 Å². The van der Waals surface area contributed by atoms with Gasteiger partial charge in [0.1, 0.15) is 0 Å². The predicted octanol–water partition coefficient (Wildman–Crippen LogP) is 1.02. The van der Waals surface area contributed by atoms with Crippen LogP contribution in [0.1, 0.15) is 19.4 Å². The predicted molar refractivity (Wildman–Crippen MR) is 87.3 cm³/mol. The highest BCUT2D eigenvalue weighted by Gasteiger charge is 2.46. The van der Waals surface area contributed by atoms with Crippen molar-refractivity contribution in [3.63, 3.8) is 0 Å². The van der Waals surface area contributed by atoms with Gasteiger partial charge in [-0.3, -0.25) is 14.8 Å². The van der Waals surface area contributed by atoms with Gasteiger partial charge in [-0.25, -0.2) is 8.42 Å². The number of piperazine rings is 1. The number of hydrogen-bond donors (Lipinski definition) is 0. The molecule has 1 aromatic rings. The first-order valence-electron chi connectivity index (χ1n) is 8.02. The van der Waals surface area contributed by atoms with Gasteiger partial charge in [0.2, 0.25) is 0 Å². The molecular formula is C16H25N3O2S. The van der Waals surface area contributed by atoms with Crippen LogP contribution in [0.15, 0.2) is 24.5 Å². The third-order valence-electron chi connectivity index (χ3n) is 4.64. The first kappa shape index (κ1) is 15.9. The molecule has 2 aliphatic heterocycles. The van der Waals surface area contributed by atoms with Gasteiger partial charge in [0, 0.05) is 50.7 Å². The third-order valence-corrected chi connectivity index (χ3v) is 6.34. The maximum absolute atomic E-state index is 12.2. The maximum Gasteiger partial charge on any atom is 0.153 e. The van der Waals surface area contributed by atoms with E-state index in [2.05, 4.69) is 28.6 Å². The molecule has 2 aliphatic rings. The fourth-order valence-electron chi connectivity index (χ4n) is 3.71. The highest BCUT2D eigenvalue weighted by atomic mass is 32.2. The van der Waals surface area contributed by atoms with E-state index in [0.29, 0.717) is 17.4 Å². The monoisotopic (exact) mass is 323 g/mol. The Balaban J connectivity index is 1.77. The van der Waals surface area contributed by atoms with E-state index < -0.39 is 9.84 Å². The second-order valence-corrected chi connectivity index (χ2v) is 9.08. The fraction of sp³-hybridized carbons (Fsp3) is 0.688. The van der Waals surface area contributed by atoms with Gasteiger partial charge >= 0.3 is 0 Å². The Labute approximate surface area is 133 Å². The first-order chi connectivity index (χ1) is 10.4. The lowest BCUT2D eigenvalue weighted by molar-refractivity contribution is 0.0337. The average Bonchev–Trinajstić information content (AvgIpc) is 2.78. The Bertz CT molecular complexity index is 603. The number of sulfone groups is 1. The van der Waals surface area contributed by atoms with Gasteiger partial charge in [-0.1, -0.05) is 13.8 Å². The molecule has 0 bridgehead atoms.